The fourth-order valence-corrected chi connectivity index (χ4v) is 4.05. The standard InChI is InChI=1S/C18H17Cl2N7S/c1-11-8-12(2)27(24-11)10-17-22-23-18(28-17)21-16-6-7-26(25-16)9-13-14(19)4-3-5-15(13)20/h3-8H,9-10H2,1-2H3,(H,21,23,25). The largest absolute Gasteiger partial charge is 0.313 e. The van der Waals surface area contributed by atoms with Crippen molar-refractivity contribution in [3.05, 3.63) is 68.5 Å². The quantitative estimate of drug-likeness (QED) is 0.477. The molecule has 3 heterocycles. The molecule has 3 aromatic heterocycles. The highest BCUT2D eigenvalue weighted by atomic mass is 35.5. The van der Waals surface area contributed by atoms with E-state index in [2.05, 4.69) is 25.7 Å². The van der Waals surface area contributed by atoms with E-state index in [1.54, 1.807) is 4.68 Å². The molecule has 0 saturated heterocycles. The molecular formula is C18H17Cl2N7S. The number of hydrogen-bond donors (Lipinski definition) is 1. The molecule has 0 bridgehead atoms. The normalized spacial score (nSPS) is 11.1. The Balaban J connectivity index is 1.43. The number of aryl methyl sites for hydroxylation is 2. The van der Waals surface area contributed by atoms with E-state index in [1.165, 1.54) is 11.3 Å². The van der Waals surface area contributed by atoms with Crippen LogP contribution in [0.4, 0.5) is 10.9 Å². The summed E-state index contributed by atoms with van der Waals surface area (Å²) in [6.07, 6.45) is 1.86. The second kappa shape index (κ2) is 7.90. The monoisotopic (exact) mass is 433 g/mol. The van der Waals surface area contributed by atoms with Gasteiger partial charge in [0, 0.05) is 33.6 Å². The maximum atomic E-state index is 6.23. The summed E-state index contributed by atoms with van der Waals surface area (Å²) < 4.78 is 3.69. The minimum absolute atomic E-state index is 0.486. The lowest BCUT2D eigenvalue weighted by Crippen LogP contribution is -2.03. The molecule has 144 valence electrons. The third-order valence-electron chi connectivity index (χ3n) is 4.11. The van der Waals surface area contributed by atoms with Gasteiger partial charge in [-0.1, -0.05) is 40.6 Å². The maximum absolute atomic E-state index is 6.23. The molecule has 0 aliphatic rings. The number of rotatable bonds is 6. The van der Waals surface area contributed by atoms with Gasteiger partial charge in [-0.05, 0) is 32.0 Å². The highest BCUT2D eigenvalue weighted by molar-refractivity contribution is 7.15. The molecule has 7 nitrogen and oxygen atoms in total. The highest BCUT2D eigenvalue weighted by Crippen LogP contribution is 2.26. The summed E-state index contributed by atoms with van der Waals surface area (Å²) in [5, 5.41) is 23.4. The molecule has 0 aliphatic heterocycles. The van der Waals surface area contributed by atoms with Gasteiger partial charge in [0.1, 0.15) is 5.01 Å². The Bertz CT molecular complexity index is 1090. The minimum atomic E-state index is 0.486. The number of anilines is 2. The van der Waals surface area contributed by atoms with Crippen molar-refractivity contribution in [3.63, 3.8) is 0 Å². The van der Waals surface area contributed by atoms with E-state index in [1.807, 2.05) is 55.1 Å². The summed E-state index contributed by atoms with van der Waals surface area (Å²) in [6, 6.07) is 9.36. The summed E-state index contributed by atoms with van der Waals surface area (Å²) in [4.78, 5) is 0. The second-order valence-corrected chi connectivity index (χ2v) is 8.19. The third kappa shape index (κ3) is 4.19. The van der Waals surface area contributed by atoms with Crippen LogP contribution in [0.3, 0.4) is 0 Å². The average Bonchev–Trinajstić information content (AvgIpc) is 3.34. The van der Waals surface area contributed by atoms with Crippen LogP contribution in [-0.4, -0.2) is 29.8 Å². The van der Waals surface area contributed by atoms with Crippen LogP contribution in [0.15, 0.2) is 36.5 Å². The van der Waals surface area contributed by atoms with Crippen molar-refractivity contribution < 1.29 is 0 Å². The Kier molecular flexibility index (Phi) is 5.34. The molecule has 0 fully saturated rings. The lowest BCUT2D eigenvalue weighted by atomic mass is 10.2. The van der Waals surface area contributed by atoms with Gasteiger partial charge in [-0.25, -0.2) is 0 Å². The van der Waals surface area contributed by atoms with Crippen LogP contribution in [-0.2, 0) is 13.1 Å². The number of nitrogens with one attached hydrogen (secondary N) is 1. The Morgan fingerprint density at radius 2 is 1.82 bits per heavy atom. The predicted molar refractivity (Wildman–Crippen MR) is 112 cm³/mol. The van der Waals surface area contributed by atoms with Gasteiger partial charge in [-0.15, -0.1) is 10.2 Å². The van der Waals surface area contributed by atoms with Crippen molar-refractivity contribution >= 4 is 45.5 Å². The van der Waals surface area contributed by atoms with E-state index in [-0.39, 0.29) is 0 Å². The van der Waals surface area contributed by atoms with Crippen molar-refractivity contribution in [2.24, 2.45) is 0 Å². The van der Waals surface area contributed by atoms with Crippen molar-refractivity contribution in [1.29, 1.82) is 0 Å². The fourth-order valence-electron chi connectivity index (χ4n) is 2.80. The van der Waals surface area contributed by atoms with Crippen LogP contribution in [0.25, 0.3) is 0 Å². The van der Waals surface area contributed by atoms with Gasteiger partial charge in [-0.2, -0.15) is 10.2 Å². The third-order valence-corrected chi connectivity index (χ3v) is 5.64. The van der Waals surface area contributed by atoms with Crippen LogP contribution in [0.5, 0.6) is 0 Å². The average molecular weight is 434 g/mol. The molecule has 0 saturated carbocycles. The van der Waals surface area contributed by atoms with Crippen molar-refractivity contribution in [1.82, 2.24) is 29.8 Å². The first-order valence-electron chi connectivity index (χ1n) is 8.55. The molecule has 10 heteroatoms. The lowest BCUT2D eigenvalue weighted by Gasteiger charge is -2.06. The molecule has 0 unspecified atom stereocenters. The van der Waals surface area contributed by atoms with Crippen LogP contribution >= 0.6 is 34.5 Å². The molecule has 0 amide bonds. The Labute approximate surface area is 175 Å². The fraction of sp³-hybridized carbons (Fsp3) is 0.222. The molecule has 4 aromatic rings. The van der Waals surface area contributed by atoms with Gasteiger partial charge in [0.2, 0.25) is 5.13 Å². The maximum Gasteiger partial charge on any atom is 0.211 e. The smallest absolute Gasteiger partial charge is 0.211 e. The topological polar surface area (TPSA) is 73.5 Å². The molecule has 1 aromatic carbocycles. The second-order valence-electron chi connectivity index (χ2n) is 6.31. The molecule has 0 atom stereocenters. The lowest BCUT2D eigenvalue weighted by molar-refractivity contribution is 0.651. The van der Waals surface area contributed by atoms with Crippen molar-refractivity contribution in [3.8, 4) is 0 Å². The van der Waals surface area contributed by atoms with Gasteiger partial charge < -0.3 is 5.32 Å². The van der Waals surface area contributed by atoms with Gasteiger partial charge in [0.25, 0.3) is 0 Å². The van der Waals surface area contributed by atoms with Gasteiger partial charge in [0.05, 0.1) is 18.8 Å². The van der Waals surface area contributed by atoms with Crippen LogP contribution in [0.2, 0.25) is 10.0 Å². The number of hydrogen-bond acceptors (Lipinski definition) is 6. The zero-order chi connectivity index (χ0) is 19.7. The van der Waals surface area contributed by atoms with Crippen molar-refractivity contribution in [2.45, 2.75) is 26.9 Å². The summed E-state index contributed by atoms with van der Waals surface area (Å²) in [5.41, 5.74) is 2.92. The van der Waals surface area contributed by atoms with E-state index >= 15 is 0 Å². The Hall–Kier alpha value is -2.42. The molecule has 28 heavy (non-hydrogen) atoms. The number of benzene rings is 1. The minimum Gasteiger partial charge on any atom is -0.313 e. The summed E-state index contributed by atoms with van der Waals surface area (Å²) >= 11 is 13.9. The Morgan fingerprint density at radius 3 is 2.54 bits per heavy atom. The number of nitrogens with zero attached hydrogens (tertiary/aromatic N) is 6. The zero-order valence-corrected chi connectivity index (χ0v) is 17.6. The van der Waals surface area contributed by atoms with E-state index in [0.29, 0.717) is 34.1 Å². The summed E-state index contributed by atoms with van der Waals surface area (Å²) in [6.45, 7) is 5.08. The first-order chi connectivity index (χ1) is 13.5. The molecule has 0 radical (unpaired) electrons. The van der Waals surface area contributed by atoms with E-state index < -0.39 is 0 Å². The van der Waals surface area contributed by atoms with Gasteiger partial charge in [0.15, 0.2) is 5.82 Å². The zero-order valence-electron chi connectivity index (χ0n) is 15.2. The summed E-state index contributed by atoms with van der Waals surface area (Å²) in [7, 11) is 0. The van der Waals surface area contributed by atoms with E-state index in [0.717, 1.165) is 22.0 Å². The van der Waals surface area contributed by atoms with Gasteiger partial charge in [-0.3, -0.25) is 9.36 Å². The SMILES string of the molecule is Cc1cc(C)n(Cc2nnc(Nc3ccn(Cc4c(Cl)cccc4Cl)n3)s2)n1. The number of aromatic nitrogens is 6. The van der Waals surface area contributed by atoms with E-state index in [9.17, 15) is 0 Å². The van der Waals surface area contributed by atoms with Crippen LogP contribution in [0.1, 0.15) is 22.0 Å². The van der Waals surface area contributed by atoms with E-state index in [4.69, 9.17) is 23.2 Å². The van der Waals surface area contributed by atoms with Crippen LogP contribution in [0, 0.1) is 13.8 Å². The molecule has 0 spiro atoms. The molecule has 0 aliphatic carbocycles. The number of halogens is 2. The van der Waals surface area contributed by atoms with Crippen LogP contribution < -0.4 is 5.32 Å². The first-order valence-corrected chi connectivity index (χ1v) is 10.1. The van der Waals surface area contributed by atoms with Crippen molar-refractivity contribution in [2.75, 3.05) is 5.32 Å². The molecule has 1 N–H and O–H groups in total. The van der Waals surface area contributed by atoms with Gasteiger partial charge >= 0.3 is 0 Å². The molecule has 4 rings (SSSR count). The first kappa shape index (κ1) is 18.9. The summed E-state index contributed by atoms with van der Waals surface area (Å²) in [5.74, 6) is 0.678. The predicted octanol–water partition coefficient (Wildman–Crippen LogP) is 4.69. The highest BCUT2D eigenvalue weighted by Gasteiger charge is 2.11. The Morgan fingerprint density at radius 1 is 1.04 bits per heavy atom. The molecular weight excluding hydrogens is 417 g/mol.